The molecule has 0 aliphatic rings. The van der Waals surface area contributed by atoms with Gasteiger partial charge in [0.25, 0.3) is 0 Å². The molecule has 0 saturated heterocycles. The first kappa shape index (κ1) is 34.2. The Bertz CT molecular complexity index is 781. The van der Waals surface area contributed by atoms with Gasteiger partial charge in [-0.1, -0.05) is 54.0 Å². The summed E-state index contributed by atoms with van der Waals surface area (Å²) in [5.41, 5.74) is 1.20. The Morgan fingerprint density at radius 2 is 1.66 bits per heavy atom. The van der Waals surface area contributed by atoms with E-state index >= 15 is 0 Å². The largest absolute Gasteiger partial charge is 0.493 e. The number of nitrogens with one attached hydrogen (secondary N) is 1. The van der Waals surface area contributed by atoms with Crippen molar-refractivity contribution in [2.45, 2.75) is 106 Å². The minimum Gasteiger partial charge on any atom is -0.493 e. The van der Waals surface area contributed by atoms with Crippen LogP contribution >= 0.6 is 0 Å². The zero-order valence-electron chi connectivity index (χ0n) is 25.7. The van der Waals surface area contributed by atoms with E-state index in [1.165, 1.54) is 5.56 Å². The van der Waals surface area contributed by atoms with Crippen LogP contribution in [0.15, 0.2) is 18.2 Å². The van der Waals surface area contributed by atoms with Gasteiger partial charge < -0.3 is 24.6 Å². The highest BCUT2D eigenvalue weighted by atomic mass is 16.5. The molecule has 3 unspecified atom stereocenters. The lowest BCUT2D eigenvalue weighted by Gasteiger charge is -2.28. The molecule has 0 aliphatic heterocycles. The predicted molar refractivity (Wildman–Crippen MR) is 157 cm³/mol. The third-order valence-corrected chi connectivity index (χ3v) is 7.92. The van der Waals surface area contributed by atoms with Crippen molar-refractivity contribution in [1.82, 2.24) is 5.32 Å². The zero-order valence-corrected chi connectivity index (χ0v) is 25.7. The van der Waals surface area contributed by atoms with E-state index in [0.717, 1.165) is 43.6 Å². The molecule has 38 heavy (non-hydrogen) atoms. The van der Waals surface area contributed by atoms with Gasteiger partial charge in [-0.15, -0.1) is 0 Å². The van der Waals surface area contributed by atoms with Crippen LogP contribution in [0.2, 0.25) is 0 Å². The molecule has 6 heteroatoms. The maximum Gasteiger partial charge on any atom is 0.223 e. The number of amides is 1. The summed E-state index contributed by atoms with van der Waals surface area (Å²) < 4.78 is 16.6. The number of carbonyl (C=O) groups is 1. The van der Waals surface area contributed by atoms with Gasteiger partial charge in [0.05, 0.1) is 19.8 Å². The zero-order chi connectivity index (χ0) is 28.7. The molecule has 220 valence electrons. The van der Waals surface area contributed by atoms with E-state index in [9.17, 15) is 9.90 Å². The number of methoxy groups -OCH3 is 2. The Morgan fingerprint density at radius 3 is 2.24 bits per heavy atom. The lowest BCUT2D eigenvalue weighted by Crippen LogP contribution is -2.43. The van der Waals surface area contributed by atoms with Crippen LogP contribution < -0.4 is 14.8 Å². The number of aliphatic hydroxyl groups is 1. The fraction of sp³-hybridized carbons (Fsp3) is 0.781. The number of ether oxygens (including phenoxy) is 3. The predicted octanol–water partition coefficient (Wildman–Crippen LogP) is 6.67. The average Bonchev–Trinajstić information content (AvgIpc) is 2.87. The van der Waals surface area contributed by atoms with E-state index in [-0.39, 0.29) is 23.8 Å². The van der Waals surface area contributed by atoms with Crippen molar-refractivity contribution in [2.24, 2.45) is 29.6 Å². The molecule has 0 spiro atoms. The molecule has 1 aromatic rings. The Balaban J connectivity index is 2.76. The summed E-state index contributed by atoms with van der Waals surface area (Å²) in [4.78, 5) is 13.1. The number of hydrogen-bond acceptors (Lipinski definition) is 5. The molecule has 1 aromatic carbocycles. The van der Waals surface area contributed by atoms with Crippen LogP contribution in [0.5, 0.6) is 11.5 Å². The van der Waals surface area contributed by atoms with Gasteiger partial charge in [0.2, 0.25) is 5.91 Å². The highest BCUT2D eigenvalue weighted by Crippen LogP contribution is 2.32. The van der Waals surface area contributed by atoms with Gasteiger partial charge >= 0.3 is 0 Å². The van der Waals surface area contributed by atoms with Crippen LogP contribution in [0.1, 0.15) is 92.6 Å². The van der Waals surface area contributed by atoms with Gasteiger partial charge in [-0.05, 0) is 80.4 Å². The minimum absolute atomic E-state index is 0.0752. The van der Waals surface area contributed by atoms with Gasteiger partial charge in [0.15, 0.2) is 11.5 Å². The molecule has 0 aromatic heterocycles. The van der Waals surface area contributed by atoms with Crippen LogP contribution in [-0.4, -0.2) is 50.6 Å². The summed E-state index contributed by atoms with van der Waals surface area (Å²) in [7, 11) is 3.35. The maximum atomic E-state index is 13.1. The van der Waals surface area contributed by atoms with Crippen LogP contribution in [0.25, 0.3) is 0 Å². The normalized spacial score (nSPS) is 15.7. The van der Waals surface area contributed by atoms with E-state index in [2.05, 4.69) is 65.9 Å². The van der Waals surface area contributed by atoms with E-state index in [0.29, 0.717) is 43.8 Å². The van der Waals surface area contributed by atoms with Crippen molar-refractivity contribution in [3.63, 3.8) is 0 Å². The third kappa shape index (κ3) is 12.4. The Morgan fingerprint density at radius 1 is 0.947 bits per heavy atom. The van der Waals surface area contributed by atoms with Crippen LogP contribution in [-0.2, 0) is 16.0 Å². The number of aliphatic hydroxyl groups excluding tert-OH is 1. The van der Waals surface area contributed by atoms with Crippen molar-refractivity contribution in [1.29, 1.82) is 0 Å². The van der Waals surface area contributed by atoms with Gasteiger partial charge in [-0.2, -0.15) is 0 Å². The SMILES string of the molecule is CCCC(C)[C@H](C)NC(=O)C(C[C@H](O)CCC(Cc1ccc(OC)c(OCCCOC)c1)C(C)C)C(C)C. The first-order valence-electron chi connectivity index (χ1n) is 14.8. The molecule has 0 fully saturated rings. The third-order valence-electron chi connectivity index (χ3n) is 7.92. The second kappa shape index (κ2) is 18.5. The van der Waals surface area contributed by atoms with Gasteiger partial charge in [-0.3, -0.25) is 4.79 Å². The van der Waals surface area contributed by atoms with Gasteiger partial charge in [0.1, 0.15) is 0 Å². The molecule has 2 N–H and O–H groups in total. The topological polar surface area (TPSA) is 77.0 Å². The number of benzene rings is 1. The molecule has 5 atom stereocenters. The molecule has 0 heterocycles. The highest BCUT2D eigenvalue weighted by molar-refractivity contribution is 5.79. The molecular formula is C32H57NO5. The summed E-state index contributed by atoms with van der Waals surface area (Å²) >= 11 is 0. The lowest BCUT2D eigenvalue weighted by atomic mass is 9.82. The molecular weight excluding hydrogens is 478 g/mol. The van der Waals surface area contributed by atoms with E-state index in [1.807, 2.05) is 6.07 Å². The molecule has 0 aliphatic carbocycles. The Kier molecular flexibility index (Phi) is 16.7. The summed E-state index contributed by atoms with van der Waals surface area (Å²) in [6, 6.07) is 6.30. The maximum absolute atomic E-state index is 13.1. The molecule has 0 radical (unpaired) electrons. The lowest BCUT2D eigenvalue weighted by molar-refractivity contribution is -0.128. The first-order valence-corrected chi connectivity index (χ1v) is 14.8. The monoisotopic (exact) mass is 535 g/mol. The van der Waals surface area contributed by atoms with E-state index < -0.39 is 6.10 Å². The molecule has 0 bridgehead atoms. The van der Waals surface area contributed by atoms with E-state index in [1.54, 1.807) is 14.2 Å². The summed E-state index contributed by atoms with van der Waals surface area (Å²) in [6.07, 6.45) is 5.56. The fourth-order valence-corrected chi connectivity index (χ4v) is 5.00. The van der Waals surface area contributed by atoms with Crippen molar-refractivity contribution in [3.8, 4) is 11.5 Å². The van der Waals surface area contributed by atoms with Crippen LogP contribution in [0, 0.1) is 29.6 Å². The van der Waals surface area contributed by atoms with Crippen molar-refractivity contribution < 1.29 is 24.1 Å². The van der Waals surface area contributed by atoms with E-state index in [4.69, 9.17) is 14.2 Å². The summed E-state index contributed by atoms with van der Waals surface area (Å²) in [6.45, 7) is 16.3. The Hall–Kier alpha value is -1.79. The average molecular weight is 536 g/mol. The smallest absolute Gasteiger partial charge is 0.223 e. The second-order valence-corrected chi connectivity index (χ2v) is 11.8. The van der Waals surface area contributed by atoms with Crippen molar-refractivity contribution >= 4 is 5.91 Å². The quantitative estimate of drug-likeness (QED) is 0.182. The minimum atomic E-state index is -0.492. The molecule has 1 rings (SSSR count). The summed E-state index contributed by atoms with van der Waals surface area (Å²) in [5.74, 6) is 2.91. The highest BCUT2D eigenvalue weighted by Gasteiger charge is 2.28. The molecule has 0 saturated carbocycles. The Labute approximate surface area is 233 Å². The van der Waals surface area contributed by atoms with Crippen molar-refractivity contribution in [2.75, 3.05) is 27.4 Å². The molecule has 1 amide bonds. The molecule has 6 nitrogen and oxygen atoms in total. The van der Waals surface area contributed by atoms with Gasteiger partial charge in [-0.25, -0.2) is 0 Å². The van der Waals surface area contributed by atoms with Crippen LogP contribution in [0.3, 0.4) is 0 Å². The number of hydrogen-bond donors (Lipinski definition) is 2. The summed E-state index contributed by atoms with van der Waals surface area (Å²) in [5, 5.41) is 14.2. The standard InChI is InChI=1S/C32H57NO5/c1-10-12-24(6)25(7)33-32(35)29(23(4)5)21-28(34)15-14-27(22(2)3)19-26-13-16-30(37-9)31(20-26)38-18-11-17-36-8/h13,16,20,22-25,27-29,34H,10-12,14-15,17-19,21H2,1-9H3,(H,33,35)/t24?,25-,27?,28+,29?/m0/s1. The first-order chi connectivity index (χ1) is 18.0. The van der Waals surface area contributed by atoms with Crippen molar-refractivity contribution in [3.05, 3.63) is 23.8 Å². The van der Waals surface area contributed by atoms with Gasteiger partial charge in [0, 0.05) is 32.1 Å². The fourth-order valence-electron chi connectivity index (χ4n) is 5.00. The number of rotatable bonds is 20. The van der Waals surface area contributed by atoms with Crippen LogP contribution in [0.4, 0.5) is 0 Å². The number of carbonyl (C=O) groups excluding carboxylic acids is 1. The second-order valence-electron chi connectivity index (χ2n) is 11.8.